The summed E-state index contributed by atoms with van der Waals surface area (Å²) in [7, 11) is 5.55. The maximum atomic E-state index is 12.7. The minimum Gasteiger partial charge on any atom is -0.496 e. The Morgan fingerprint density at radius 1 is 1.12 bits per heavy atom. The zero-order chi connectivity index (χ0) is 24.1. The Balaban J connectivity index is 1.64. The number of rotatable bonds is 1. The summed E-state index contributed by atoms with van der Waals surface area (Å²) in [5.74, 6) is 1.46. The lowest BCUT2D eigenvalue weighted by Crippen LogP contribution is -2.39. The molecule has 0 spiro atoms. The number of carbonyl (C=O) groups excluding carboxylic acids is 2. The molecule has 1 atom stereocenters. The fourth-order valence-corrected chi connectivity index (χ4v) is 4.31. The molecule has 0 radical (unpaired) electrons. The fourth-order valence-electron chi connectivity index (χ4n) is 4.31. The van der Waals surface area contributed by atoms with E-state index in [4.69, 9.17) is 4.74 Å². The van der Waals surface area contributed by atoms with Crippen LogP contribution in [0.3, 0.4) is 0 Å². The summed E-state index contributed by atoms with van der Waals surface area (Å²) in [4.78, 5) is 33.6. The molecule has 0 saturated carbocycles. The molecule has 10 heteroatoms. The lowest BCUT2D eigenvalue weighted by Gasteiger charge is -2.22. The van der Waals surface area contributed by atoms with Gasteiger partial charge in [0.1, 0.15) is 11.6 Å². The number of ether oxygens (including phenoxy) is 1. The highest BCUT2D eigenvalue weighted by atomic mass is 16.5. The van der Waals surface area contributed by atoms with Crippen LogP contribution in [0, 0.1) is 0 Å². The summed E-state index contributed by atoms with van der Waals surface area (Å²) in [5.41, 5.74) is 3.16. The highest BCUT2D eigenvalue weighted by molar-refractivity contribution is 6.03. The standard InChI is InChI=1S/C24H33N7O3/c1-30-10-5-4-6-20(32)31(2)11-9-25-22-21-18(24(33)29-23(21)28-15-27-22)13-26-17-7-8-19(34-3)16(12-17)14-30/h7-8,12-13,15,23,25-26H,4-6,9-11,14H2,1-3H3,(H,27,28)(H,29,33)/b18-13-. The molecule has 1 saturated heterocycles. The van der Waals surface area contributed by atoms with E-state index < -0.39 is 6.17 Å². The first-order valence-electron chi connectivity index (χ1n) is 11.6. The molecule has 1 fully saturated rings. The molecule has 10 nitrogen and oxygen atoms in total. The number of amides is 2. The van der Waals surface area contributed by atoms with Gasteiger partial charge >= 0.3 is 0 Å². The van der Waals surface area contributed by atoms with Crippen molar-refractivity contribution in [3.05, 3.63) is 46.9 Å². The van der Waals surface area contributed by atoms with E-state index >= 15 is 0 Å². The number of carbonyl (C=O) groups is 2. The molecule has 4 rings (SSSR count). The van der Waals surface area contributed by atoms with E-state index in [0.717, 1.165) is 42.0 Å². The summed E-state index contributed by atoms with van der Waals surface area (Å²) < 4.78 is 5.56. The van der Waals surface area contributed by atoms with Gasteiger partial charge in [-0.3, -0.25) is 9.59 Å². The normalized spacial score (nSPS) is 23.8. The smallest absolute Gasteiger partial charge is 0.255 e. The Morgan fingerprint density at radius 2 is 1.97 bits per heavy atom. The molecular formula is C24H33N7O3. The van der Waals surface area contributed by atoms with Crippen LogP contribution >= 0.6 is 0 Å². The zero-order valence-electron chi connectivity index (χ0n) is 20.0. The van der Waals surface area contributed by atoms with E-state index in [0.29, 0.717) is 37.4 Å². The average Bonchev–Trinajstić information content (AvgIpc) is 3.15. The first-order chi connectivity index (χ1) is 16.5. The molecule has 3 heterocycles. The van der Waals surface area contributed by atoms with Crippen LogP contribution in [-0.2, 0) is 16.1 Å². The molecule has 2 amide bonds. The Labute approximate surface area is 200 Å². The number of benzene rings is 1. The van der Waals surface area contributed by atoms with E-state index in [-0.39, 0.29) is 11.8 Å². The Morgan fingerprint density at radius 3 is 2.79 bits per heavy atom. The lowest BCUT2D eigenvalue weighted by molar-refractivity contribution is -0.130. The van der Waals surface area contributed by atoms with Crippen LogP contribution in [-0.4, -0.2) is 75.0 Å². The maximum absolute atomic E-state index is 12.7. The molecule has 0 aliphatic carbocycles. The van der Waals surface area contributed by atoms with Gasteiger partial charge in [0.2, 0.25) is 5.91 Å². The number of nitrogens with zero attached hydrogens (tertiary/aromatic N) is 3. The van der Waals surface area contributed by atoms with Crippen molar-refractivity contribution in [1.82, 2.24) is 25.8 Å². The SMILES string of the molecule is COc1ccc2cc1CN(C)CCCCC(=O)N(C)CCNC1=C3/C(=C/N2)C(=O)NC3N=CN1. The Bertz CT molecular complexity index is 1030. The summed E-state index contributed by atoms with van der Waals surface area (Å²) in [6, 6.07) is 5.89. The molecule has 3 aliphatic heterocycles. The van der Waals surface area contributed by atoms with E-state index in [1.807, 2.05) is 25.2 Å². The number of hydrogen-bond acceptors (Lipinski definition) is 8. The molecule has 1 aromatic rings. The molecule has 2 bridgehead atoms. The van der Waals surface area contributed by atoms with E-state index in [1.54, 1.807) is 24.5 Å². The summed E-state index contributed by atoms with van der Waals surface area (Å²) >= 11 is 0. The minimum atomic E-state index is -0.446. The third-order valence-electron chi connectivity index (χ3n) is 6.24. The number of aliphatic imine (C=N–C) groups is 1. The number of anilines is 1. The zero-order valence-corrected chi connectivity index (χ0v) is 20.0. The van der Waals surface area contributed by atoms with Gasteiger partial charge < -0.3 is 35.8 Å². The van der Waals surface area contributed by atoms with Gasteiger partial charge in [-0.15, -0.1) is 0 Å². The van der Waals surface area contributed by atoms with Crippen molar-refractivity contribution in [2.45, 2.75) is 32.0 Å². The van der Waals surface area contributed by atoms with Crippen LogP contribution in [0.15, 0.2) is 46.4 Å². The summed E-state index contributed by atoms with van der Waals surface area (Å²) in [5, 5.41) is 12.6. The van der Waals surface area contributed by atoms with E-state index in [2.05, 4.69) is 38.2 Å². The average molecular weight is 468 g/mol. The molecule has 3 aliphatic rings. The van der Waals surface area contributed by atoms with Gasteiger partial charge in [-0.05, 0) is 44.6 Å². The quantitative estimate of drug-likeness (QED) is 0.487. The minimum absolute atomic E-state index is 0.132. The predicted octanol–water partition coefficient (Wildman–Crippen LogP) is 0.954. The number of likely N-dealkylation sites (N-methyl/N-ethyl adjacent to an activating group) is 1. The highest BCUT2D eigenvalue weighted by Gasteiger charge is 2.36. The van der Waals surface area contributed by atoms with Gasteiger partial charge in [0.25, 0.3) is 5.91 Å². The van der Waals surface area contributed by atoms with Crippen LogP contribution in [0.4, 0.5) is 5.69 Å². The molecular weight excluding hydrogens is 434 g/mol. The van der Waals surface area contributed by atoms with Gasteiger partial charge in [-0.1, -0.05) is 0 Å². The first-order valence-corrected chi connectivity index (χ1v) is 11.6. The Hall–Kier alpha value is -3.53. The number of nitrogens with one attached hydrogen (secondary N) is 4. The molecule has 1 aromatic carbocycles. The third-order valence-corrected chi connectivity index (χ3v) is 6.24. The second kappa shape index (κ2) is 10.6. The molecule has 34 heavy (non-hydrogen) atoms. The number of methoxy groups -OCH3 is 1. The van der Waals surface area contributed by atoms with Crippen molar-refractivity contribution in [1.29, 1.82) is 0 Å². The van der Waals surface area contributed by atoms with Crippen LogP contribution in [0.5, 0.6) is 5.75 Å². The van der Waals surface area contributed by atoms with Crippen LogP contribution < -0.4 is 26.0 Å². The van der Waals surface area contributed by atoms with Crippen LogP contribution in [0.1, 0.15) is 24.8 Å². The fraction of sp³-hybridized carbons (Fsp3) is 0.458. The van der Waals surface area contributed by atoms with Gasteiger partial charge in [0.05, 0.1) is 24.6 Å². The van der Waals surface area contributed by atoms with E-state index in [9.17, 15) is 9.59 Å². The summed E-state index contributed by atoms with van der Waals surface area (Å²) in [6.45, 7) is 2.70. The maximum Gasteiger partial charge on any atom is 0.255 e. The molecule has 182 valence electrons. The second-order valence-electron chi connectivity index (χ2n) is 8.75. The largest absolute Gasteiger partial charge is 0.496 e. The monoisotopic (exact) mass is 467 g/mol. The van der Waals surface area contributed by atoms with Crippen molar-refractivity contribution in [2.24, 2.45) is 4.99 Å². The highest BCUT2D eigenvalue weighted by Crippen LogP contribution is 2.28. The third kappa shape index (κ3) is 5.33. The second-order valence-corrected chi connectivity index (χ2v) is 8.75. The van der Waals surface area contributed by atoms with Gasteiger partial charge in [0, 0.05) is 50.6 Å². The topological polar surface area (TPSA) is 110 Å². The number of hydrogen-bond donors (Lipinski definition) is 4. The van der Waals surface area contributed by atoms with Crippen molar-refractivity contribution < 1.29 is 14.3 Å². The van der Waals surface area contributed by atoms with Crippen molar-refractivity contribution >= 4 is 23.8 Å². The van der Waals surface area contributed by atoms with Crippen molar-refractivity contribution in [3.63, 3.8) is 0 Å². The first kappa shape index (κ1) is 23.6. The Kier molecular flexibility index (Phi) is 7.36. The van der Waals surface area contributed by atoms with Gasteiger partial charge in [-0.2, -0.15) is 0 Å². The lowest BCUT2D eigenvalue weighted by atomic mass is 10.1. The predicted molar refractivity (Wildman–Crippen MR) is 131 cm³/mol. The number of fused-ring (bicyclic) bond motifs is 2. The van der Waals surface area contributed by atoms with E-state index in [1.165, 1.54) is 0 Å². The van der Waals surface area contributed by atoms with Crippen molar-refractivity contribution in [3.8, 4) is 5.75 Å². The molecule has 4 N–H and O–H groups in total. The molecule has 0 aromatic heterocycles. The molecule has 1 unspecified atom stereocenters. The van der Waals surface area contributed by atoms with Crippen LogP contribution in [0.2, 0.25) is 0 Å². The van der Waals surface area contributed by atoms with Crippen molar-refractivity contribution in [2.75, 3.05) is 46.2 Å². The van der Waals surface area contributed by atoms with Crippen LogP contribution in [0.25, 0.3) is 0 Å². The summed E-state index contributed by atoms with van der Waals surface area (Å²) in [6.07, 6.45) is 5.15. The van der Waals surface area contributed by atoms with Gasteiger partial charge in [-0.25, -0.2) is 4.99 Å². The van der Waals surface area contributed by atoms with Gasteiger partial charge in [0.15, 0.2) is 6.17 Å².